The SMILES string of the molecule is CCOC(=O)c1cccc(NC(C(=O)CN)C(=O)OCC)c1.Cl. The van der Waals surface area contributed by atoms with Gasteiger partial charge in [-0.3, -0.25) is 4.79 Å². The molecule has 23 heavy (non-hydrogen) atoms. The van der Waals surface area contributed by atoms with Gasteiger partial charge in [-0.25, -0.2) is 9.59 Å². The highest BCUT2D eigenvalue weighted by atomic mass is 35.5. The first kappa shape index (κ1) is 20.9. The number of benzene rings is 1. The van der Waals surface area contributed by atoms with Gasteiger partial charge in [-0.15, -0.1) is 12.4 Å². The summed E-state index contributed by atoms with van der Waals surface area (Å²) in [4.78, 5) is 35.3. The minimum atomic E-state index is -1.21. The van der Waals surface area contributed by atoms with Crippen LogP contribution in [-0.2, 0) is 19.1 Å². The molecule has 8 heteroatoms. The summed E-state index contributed by atoms with van der Waals surface area (Å²) in [7, 11) is 0. The van der Waals surface area contributed by atoms with Gasteiger partial charge in [-0.05, 0) is 32.0 Å². The van der Waals surface area contributed by atoms with Crippen LogP contribution in [0.1, 0.15) is 24.2 Å². The lowest BCUT2D eigenvalue weighted by atomic mass is 10.1. The summed E-state index contributed by atoms with van der Waals surface area (Å²) in [6.45, 7) is 3.46. The first-order chi connectivity index (χ1) is 10.5. The number of carbonyl (C=O) groups is 3. The summed E-state index contributed by atoms with van der Waals surface area (Å²) in [5.74, 6) is -1.69. The Balaban J connectivity index is 0.00000484. The standard InChI is InChI=1S/C15H20N2O5.ClH/c1-3-21-14(19)10-6-5-7-11(8-10)17-13(12(18)9-16)15(20)22-4-2;/h5-8,13,17H,3-4,9,16H2,1-2H3;1H. The second kappa shape index (κ2) is 10.6. The van der Waals surface area contributed by atoms with E-state index in [2.05, 4.69) is 5.32 Å². The molecular formula is C15H21ClN2O5. The topological polar surface area (TPSA) is 108 Å². The molecule has 0 heterocycles. The first-order valence-electron chi connectivity index (χ1n) is 6.96. The maximum atomic E-state index is 11.8. The summed E-state index contributed by atoms with van der Waals surface area (Å²) < 4.78 is 9.74. The van der Waals surface area contributed by atoms with E-state index in [9.17, 15) is 14.4 Å². The molecule has 7 nitrogen and oxygen atoms in total. The summed E-state index contributed by atoms with van der Waals surface area (Å²) in [6.07, 6.45) is 0. The Morgan fingerprint density at radius 2 is 1.83 bits per heavy atom. The third-order valence-electron chi connectivity index (χ3n) is 2.73. The van der Waals surface area contributed by atoms with Crippen molar-refractivity contribution in [3.05, 3.63) is 29.8 Å². The third-order valence-corrected chi connectivity index (χ3v) is 2.73. The number of carbonyl (C=O) groups excluding carboxylic acids is 3. The van der Waals surface area contributed by atoms with Crippen molar-refractivity contribution >= 4 is 35.8 Å². The van der Waals surface area contributed by atoms with Crippen LogP contribution in [0.2, 0.25) is 0 Å². The Hall–Kier alpha value is -2.12. The normalized spacial score (nSPS) is 10.9. The van der Waals surface area contributed by atoms with Crippen molar-refractivity contribution < 1.29 is 23.9 Å². The highest BCUT2D eigenvalue weighted by Gasteiger charge is 2.26. The molecule has 0 saturated heterocycles. The lowest BCUT2D eigenvalue weighted by Crippen LogP contribution is -2.42. The van der Waals surface area contributed by atoms with Crippen LogP contribution < -0.4 is 11.1 Å². The molecule has 0 bridgehead atoms. The lowest BCUT2D eigenvalue weighted by molar-refractivity contribution is -0.146. The zero-order valence-electron chi connectivity index (χ0n) is 13.0. The van der Waals surface area contributed by atoms with Crippen LogP contribution in [-0.4, -0.2) is 43.5 Å². The number of ether oxygens (including phenoxy) is 2. The summed E-state index contributed by atoms with van der Waals surface area (Å²) in [5, 5.41) is 2.74. The van der Waals surface area contributed by atoms with Gasteiger partial charge >= 0.3 is 11.9 Å². The monoisotopic (exact) mass is 344 g/mol. The number of rotatable bonds is 8. The minimum Gasteiger partial charge on any atom is -0.464 e. The fraction of sp³-hybridized carbons (Fsp3) is 0.400. The Kier molecular flexibility index (Phi) is 9.60. The number of halogens is 1. The van der Waals surface area contributed by atoms with Crippen molar-refractivity contribution in [2.24, 2.45) is 5.73 Å². The summed E-state index contributed by atoms with van der Waals surface area (Å²) >= 11 is 0. The number of hydrogen-bond donors (Lipinski definition) is 2. The number of nitrogens with two attached hydrogens (primary N) is 1. The Bertz CT molecular complexity index is 550. The van der Waals surface area contributed by atoms with E-state index in [0.29, 0.717) is 11.3 Å². The van der Waals surface area contributed by atoms with Crippen molar-refractivity contribution in [1.29, 1.82) is 0 Å². The number of anilines is 1. The van der Waals surface area contributed by atoms with Gasteiger partial charge in [0.1, 0.15) is 0 Å². The zero-order chi connectivity index (χ0) is 16.5. The Morgan fingerprint density at radius 1 is 1.17 bits per heavy atom. The average molecular weight is 345 g/mol. The molecule has 0 aliphatic rings. The van der Waals surface area contributed by atoms with Crippen LogP contribution in [0.25, 0.3) is 0 Å². The third kappa shape index (κ3) is 6.25. The molecule has 3 N–H and O–H groups in total. The summed E-state index contributed by atoms with van der Waals surface area (Å²) in [6, 6.07) is 5.10. The number of ketones is 1. The first-order valence-corrected chi connectivity index (χ1v) is 6.96. The second-order valence-electron chi connectivity index (χ2n) is 4.30. The van der Waals surface area contributed by atoms with Gasteiger partial charge in [-0.1, -0.05) is 6.07 Å². The molecule has 1 rings (SSSR count). The quantitative estimate of drug-likeness (QED) is 0.538. The predicted octanol–water partition coefficient (Wildman–Crippen LogP) is 1.16. The molecule has 1 aromatic carbocycles. The molecule has 0 aromatic heterocycles. The van der Waals surface area contributed by atoms with E-state index in [1.807, 2.05) is 0 Å². The van der Waals surface area contributed by atoms with Gasteiger partial charge in [0.15, 0.2) is 11.8 Å². The van der Waals surface area contributed by atoms with E-state index in [0.717, 1.165) is 0 Å². The Labute approximate surface area is 140 Å². The zero-order valence-corrected chi connectivity index (χ0v) is 13.9. The molecule has 0 fully saturated rings. The van der Waals surface area contributed by atoms with Crippen molar-refractivity contribution in [2.45, 2.75) is 19.9 Å². The highest BCUT2D eigenvalue weighted by molar-refractivity contribution is 6.06. The van der Waals surface area contributed by atoms with Crippen molar-refractivity contribution in [3.8, 4) is 0 Å². The number of esters is 2. The van der Waals surface area contributed by atoms with E-state index in [1.165, 1.54) is 6.07 Å². The van der Waals surface area contributed by atoms with E-state index < -0.39 is 23.8 Å². The van der Waals surface area contributed by atoms with Crippen LogP contribution in [0, 0.1) is 0 Å². The van der Waals surface area contributed by atoms with Crippen LogP contribution in [0.3, 0.4) is 0 Å². The number of nitrogens with one attached hydrogen (secondary N) is 1. The molecule has 0 saturated carbocycles. The largest absolute Gasteiger partial charge is 0.464 e. The number of hydrogen-bond acceptors (Lipinski definition) is 7. The molecule has 0 amide bonds. The molecule has 1 atom stereocenters. The number of Topliss-reactive ketones (excluding diaryl/α,β-unsaturated/α-hetero) is 1. The van der Waals surface area contributed by atoms with E-state index >= 15 is 0 Å². The van der Waals surface area contributed by atoms with Crippen molar-refractivity contribution in [3.63, 3.8) is 0 Å². The van der Waals surface area contributed by atoms with E-state index in [-0.39, 0.29) is 32.2 Å². The average Bonchev–Trinajstić information content (AvgIpc) is 2.52. The van der Waals surface area contributed by atoms with Crippen molar-refractivity contribution in [1.82, 2.24) is 0 Å². The molecule has 1 aromatic rings. The second-order valence-corrected chi connectivity index (χ2v) is 4.30. The van der Waals surface area contributed by atoms with Gasteiger partial charge in [0.25, 0.3) is 0 Å². The van der Waals surface area contributed by atoms with Gasteiger partial charge in [0.2, 0.25) is 0 Å². The van der Waals surface area contributed by atoms with Crippen LogP contribution in [0.4, 0.5) is 5.69 Å². The molecule has 0 aliphatic heterocycles. The van der Waals surface area contributed by atoms with Crippen molar-refractivity contribution in [2.75, 3.05) is 25.1 Å². The molecule has 1 unspecified atom stereocenters. The maximum Gasteiger partial charge on any atom is 0.338 e. The smallest absolute Gasteiger partial charge is 0.338 e. The predicted molar refractivity (Wildman–Crippen MR) is 87.8 cm³/mol. The van der Waals surface area contributed by atoms with Gasteiger partial charge in [-0.2, -0.15) is 0 Å². The van der Waals surface area contributed by atoms with Crippen LogP contribution in [0.15, 0.2) is 24.3 Å². The maximum absolute atomic E-state index is 11.8. The fourth-order valence-electron chi connectivity index (χ4n) is 1.73. The molecule has 0 spiro atoms. The van der Waals surface area contributed by atoms with Gasteiger partial charge in [0, 0.05) is 5.69 Å². The molecule has 0 radical (unpaired) electrons. The Morgan fingerprint density at radius 3 is 2.39 bits per heavy atom. The van der Waals surface area contributed by atoms with Crippen LogP contribution >= 0.6 is 12.4 Å². The van der Waals surface area contributed by atoms with E-state index in [4.69, 9.17) is 15.2 Å². The van der Waals surface area contributed by atoms with Gasteiger partial charge in [0.05, 0.1) is 25.3 Å². The van der Waals surface area contributed by atoms with E-state index in [1.54, 1.807) is 32.0 Å². The minimum absolute atomic E-state index is 0. The lowest BCUT2D eigenvalue weighted by Gasteiger charge is -2.17. The highest BCUT2D eigenvalue weighted by Crippen LogP contribution is 2.14. The molecule has 128 valence electrons. The van der Waals surface area contributed by atoms with Gasteiger partial charge < -0.3 is 20.5 Å². The molecular weight excluding hydrogens is 324 g/mol. The summed E-state index contributed by atoms with van der Waals surface area (Å²) in [5.41, 5.74) is 6.04. The fourth-order valence-corrected chi connectivity index (χ4v) is 1.73. The van der Waals surface area contributed by atoms with Crippen LogP contribution in [0.5, 0.6) is 0 Å². The molecule has 0 aliphatic carbocycles.